The minimum atomic E-state index is -4.56. The first-order chi connectivity index (χ1) is 15.1. The Hall–Kier alpha value is -3.04. The molecule has 0 saturated heterocycles. The Morgan fingerprint density at radius 2 is 1.66 bits per heavy atom. The molecule has 0 radical (unpaired) electrons. The van der Waals surface area contributed by atoms with E-state index >= 15 is 0 Å². The normalized spacial score (nSPS) is 16.1. The SMILES string of the molecule is Cc1ccc(S(=O)(=O)OCC2COc3cccc(-c4ccccc4C(F)(F)F)c3O2)cc1. The van der Waals surface area contributed by atoms with Crippen LogP contribution in [0.2, 0.25) is 0 Å². The second-order valence-electron chi connectivity index (χ2n) is 7.28. The molecule has 0 saturated carbocycles. The maximum Gasteiger partial charge on any atom is 0.417 e. The third-order valence-electron chi connectivity index (χ3n) is 4.93. The number of benzene rings is 3. The maximum absolute atomic E-state index is 13.5. The summed E-state index contributed by atoms with van der Waals surface area (Å²) in [5, 5.41) is 0. The summed E-state index contributed by atoms with van der Waals surface area (Å²) in [6.07, 6.45) is -5.39. The largest absolute Gasteiger partial charge is 0.486 e. The molecule has 9 heteroatoms. The van der Waals surface area contributed by atoms with E-state index in [1.54, 1.807) is 24.3 Å². The predicted molar refractivity (Wildman–Crippen MR) is 111 cm³/mol. The van der Waals surface area contributed by atoms with Gasteiger partial charge in [0.1, 0.15) is 13.2 Å². The lowest BCUT2D eigenvalue weighted by atomic mass is 9.98. The third-order valence-corrected chi connectivity index (χ3v) is 6.23. The molecule has 32 heavy (non-hydrogen) atoms. The fraction of sp³-hybridized carbons (Fsp3) is 0.217. The highest BCUT2D eigenvalue weighted by Gasteiger charge is 2.35. The Morgan fingerprint density at radius 1 is 0.969 bits per heavy atom. The van der Waals surface area contributed by atoms with Crippen LogP contribution in [0.3, 0.4) is 0 Å². The number of ether oxygens (including phenoxy) is 2. The average Bonchev–Trinajstić information content (AvgIpc) is 2.77. The van der Waals surface area contributed by atoms with Crippen LogP contribution < -0.4 is 9.47 Å². The first-order valence-electron chi connectivity index (χ1n) is 9.70. The topological polar surface area (TPSA) is 61.8 Å². The smallest absolute Gasteiger partial charge is 0.417 e. The van der Waals surface area contributed by atoms with E-state index in [-0.39, 0.29) is 40.7 Å². The van der Waals surface area contributed by atoms with Gasteiger partial charge < -0.3 is 9.47 Å². The standard InChI is InChI=1S/C23H19F3O5S/c1-15-9-11-17(12-10-15)32(27,28)30-14-16-13-29-21-8-4-6-19(22(21)31-16)18-5-2-3-7-20(18)23(24,25)26/h2-12,16H,13-14H2,1H3. The number of hydrogen-bond acceptors (Lipinski definition) is 5. The van der Waals surface area contributed by atoms with Gasteiger partial charge >= 0.3 is 6.18 Å². The average molecular weight is 464 g/mol. The van der Waals surface area contributed by atoms with Crippen LogP contribution in [0.25, 0.3) is 11.1 Å². The summed E-state index contributed by atoms with van der Waals surface area (Å²) < 4.78 is 82.0. The van der Waals surface area contributed by atoms with Gasteiger partial charge in [-0.2, -0.15) is 21.6 Å². The lowest BCUT2D eigenvalue weighted by Gasteiger charge is -2.28. The minimum Gasteiger partial charge on any atom is -0.486 e. The van der Waals surface area contributed by atoms with E-state index in [9.17, 15) is 21.6 Å². The van der Waals surface area contributed by atoms with Crippen molar-refractivity contribution in [2.75, 3.05) is 13.2 Å². The van der Waals surface area contributed by atoms with E-state index < -0.39 is 28.0 Å². The Balaban J connectivity index is 1.58. The Bertz CT molecular complexity index is 1220. The summed E-state index contributed by atoms with van der Waals surface area (Å²) >= 11 is 0. The van der Waals surface area contributed by atoms with Gasteiger partial charge in [-0.15, -0.1) is 0 Å². The third kappa shape index (κ3) is 4.58. The quantitative estimate of drug-likeness (QED) is 0.484. The molecule has 1 aliphatic heterocycles. The summed E-state index contributed by atoms with van der Waals surface area (Å²) in [7, 11) is -4.03. The molecule has 0 spiro atoms. The number of rotatable bonds is 5. The van der Waals surface area contributed by atoms with E-state index in [4.69, 9.17) is 13.7 Å². The van der Waals surface area contributed by atoms with E-state index in [1.807, 2.05) is 6.92 Å². The van der Waals surface area contributed by atoms with Crippen LogP contribution in [0.4, 0.5) is 13.2 Å². The van der Waals surface area contributed by atoms with Crippen molar-refractivity contribution in [3.05, 3.63) is 77.9 Å². The molecule has 0 aromatic heterocycles. The molecule has 0 aliphatic carbocycles. The van der Waals surface area contributed by atoms with Crippen LogP contribution in [-0.2, 0) is 20.5 Å². The van der Waals surface area contributed by atoms with Gasteiger partial charge in [-0.25, -0.2) is 0 Å². The van der Waals surface area contributed by atoms with Crippen LogP contribution in [-0.4, -0.2) is 27.7 Å². The zero-order chi connectivity index (χ0) is 22.9. The molecular weight excluding hydrogens is 445 g/mol. The van der Waals surface area contributed by atoms with Gasteiger partial charge in [-0.3, -0.25) is 4.18 Å². The molecule has 1 heterocycles. The van der Waals surface area contributed by atoms with Crippen LogP contribution >= 0.6 is 0 Å². The van der Waals surface area contributed by atoms with Gasteiger partial charge in [0.2, 0.25) is 0 Å². The van der Waals surface area contributed by atoms with Crippen LogP contribution in [0.15, 0.2) is 71.6 Å². The van der Waals surface area contributed by atoms with E-state index in [0.717, 1.165) is 11.6 Å². The first-order valence-corrected chi connectivity index (χ1v) is 11.1. The lowest BCUT2D eigenvalue weighted by molar-refractivity contribution is -0.137. The molecule has 5 nitrogen and oxygen atoms in total. The molecule has 0 amide bonds. The molecule has 4 rings (SSSR count). The highest BCUT2D eigenvalue weighted by molar-refractivity contribution is 7.86. The Kier molecular flexibility index (Phi) is 5.87. The highest BCUT2D eigenvalue weighted by atomic mass is 32.2. The van der Waals surface area contributed by atoms with Gasteiger partial charge in [0.15, 0.2) is 17.6 Å². The van der Waals surface area contributed by atoms with E-state index in [2.05, 4.69) is 0 Å². The lowest BCUT2D eigenvalue weighted by Crippen LogP contribution is -2.34. The fourth-order valence-electron chi connectivity index (χ4n) is 3.33. The number of fused-ring (bicyclic) bond motifs is 1. The fourth-order valence-corrected chi connectivity index (χ4v) is 4.27. The molecule has 3 aromatic carbocycles. The van der Waals surface area contributed by atoms with Crippen molar-refractivity contribution < 1.29 is 35.2 Å². The van der Waals surface area contributed by atoms with Crippen molar-refractivity contribution in [3.8, 4) is 22.6 Å². The predicted octanol–water partition coefficient (Wildman–Crippen LogP) is 5.23. The van der Waals surface area contributed by atoms with E-state index in [0.29, 0.717) is 0 Å². The molecule has 0 N–H and O–H groups in total. The molecule has 1 aliphatic rings. The van der Waals surface area contributed by atoms with Gasteiger partial charge in [0, 0.05) is 5.56 Å². The molecule has 3 aromatic rings. The molecular formula is C23H19F3O5S. The number of alkyl halides is 3. The molecule has 0 bridgehead atoms. The minimum absolute atomic E-state index is 0.0000199. The summed E-state index contributed by atoms with van der Waals surface area (Å²) in [6, 6.07) is 16.0. The van der Waals surface area contributed by atoms with Crippen molar-refractivity contribution in [2.45, 2.75) is 24.1 Å². The van der Waals surface area contributed by atoms with Crippen molar-refractivity contribution in [1.82, 2.24) is 0 Å². The summed E-state index contributed by atoms with van der Waals surface area (Å²) in [5.74, 6) is 0.383. The number of aryl methyl sites for hydroxylation is 1. The highest BCUT2D eigenvalue weighted by Crippen LogP contribution is 2.45. The van der Waals surface area contributed by atoms with Crippen LogP contribution in [0.1, 0.15) is 11.1 Å². The van der Waals surface area contributed by atoms with Gasteiger partial charge in [0.25, 0.3) is 10.1 Å². The monoisotopic (exact) mass is 464 g/mol. The van der Waals surface area contributed by atoms with Gasteiger partial charge in [0.05, 0.1) is 10.5 Å². The summed E-state index contributed by atoms with van der Waals surface area (Å²) in [5.41, 5.74) is 0.226. The molecule has 1 atom stereocenters. The molecule has 168 valence electrons. The van der Waals surface area contributed by atoms with Crippen molar-refractivity contribution in [2.24, 2.45) is 0 Å². The first kappa shape index (κ1) is 22.2. The van der Waals surface area contributed by atoms with Crippen LogP contribution in [0, 0.1) is 6.92 Å². The zero-order valence-corrected chi connectivity index (χ0v) is 17.7. The van der Waals surface area contributed by atoms with Crippen molar-refractivity contribution in [1.29, 1.82) is 0 Å². The second kappa shape index (κ2) is 8.48. The maximum atomic E-state index is 13.5. The molecule has 1 unspecified atom stereocenters. The van der Waals surface area contributed by atoms with E-state index in [1.165, 1.54) is 36.4 Å². The van der Waals surface area contributed by atoms with Crippen molar-refractivity contribution in [3.63, 3.8) is 0 Å². The van der Waals surface area contributed by atoms with Gasteiger partial charge in [-0.05, 0) is 36.8 Å². The summed E-state index contributed by atoms with van der Waals surface area (Å²) in [4.78, 5) is 0.0000199. The van der Waals surface area contributed by atoms with Crippen molar-refractivity contribution >= 4 is 10.1 Å². The van der Waals surface area contributed by atoms with Crippen LogP contribution in [0.5, 0.6) is 11.5 Å². The zero-order valence-electron chi connectivity index (χ0n) is 16.9. The summed E-state index contributed by atoms with van der Waals surface area (Å²) in [6.45, 7) is 1.46. The molecule has 0 fully saturated rings. The van der Waals surface area contributed by atoms with Gasteiger partial charge in [-0.1, -0.05) is 48.0 Å². The Morgan fingerprint density at radius 3 is 2.38 bits per heavy atom. The second-order valence-corrected chi connectivity index (χ2v) is 8.89. The number of para-hydroxylation sites is 1. The Labute approximate surface area is 183 Å². The number of hydrogen-bond donors (Lipinski definition) is 0. The number of halogens is 3.